The van der Waals surface area contributed by atoms with Gasteiger partial charge in [0.15, 0.2) is 0 Å². The maximum absolute atomic E-state index is 10.9. The van der Waals surface area contributed by atoms with E-state index in [1.165, 1.54) is 24.3 Å². The van der Waals surface area contributed by atoms with Gasteiger partial charge in [0.25, 0.3) is 0 Å². The second-order valence-electron chi connectivity index (χ2n) is 3.55. The molecule has 0 radical (unpaired) electrons. The van der Waals surface area contributed by atoms with Crippen LogP contribution in [0.3, 0.4) is 0 Å². The van der Waals surface area contributed by atoms with E-state index in [1.54, 1.807) is 18.2 Å². The smallest absolute Gasteiger partial charge is 0.335 e. The Kier molecular flexibility index (Phi) is 3.02. The van der Waals surface area contributed by atoms with Gasteiger partial charge in [-0.3, -0.25) is 0 Å². The Morgan fingerprint density at radius 3 is 2.59 bits per heavy atom. The van der Waals surface area contributed by atoms with Crippen molar-refractivity contribution in [1.82, 2.24) is 0 Å². The van der Waals surface area contributed by atoms with E-state index >= 15 is 0 Å². The highest BCUT2D eigenvalue weighted by Crippen LogP contribution is 2.31. The number of rotatable bonds is 2. The molecule has 86 valence electrons. The molecule has 2 aromatic carbocycles. The average molecular weight is 249 g/mol. The van der Waals surface area contributed by atoms with Crippen molar-refractivity contribution in [3.8, 4) is 16.9 Å². The van der Waals surface area contributed by atoms with Crippen molar-refractivity contribution in [3.05, 3.63) is 53.1 Å². The standard InChI is InChI=1S/C13H9ClO3/c14-12-5-4-10(15)7-11(12)8-2-1-3-9(6-8)13(16)17/h1-7,15H,(H,16,17). The second-order valence-corrected chi connectivity index (χ2v) is 3.96. The molecule has 0 unspecified atom stereocenters. The molecule has 0 fully saturated rings. The zero-order chi connectivity index (χ0) is 12.4. The van der Waals surface area contributed by atoms with Crippen molar-refractivity contribution < 1.29 is 15.0 Å². The number of hydrogen-bond donors (Lipinski definition) is 2. The van der Waals surface area contributed by atoms with E-state index < -0.39 is 5.97 Å². The van der Waals surface area contributed by atoms with E-state index in [2.05, 4.69) is 0 Å². The summed E-state index contributed by atoms with van der Waals surface area (Å²) in [7, 11) is 0. The second kappa shape index (κ2) is 4.47. The minimum absolute atomic E-state index is 0.0881. The fourth-order valence-corrected chi connectivity index (χ4v) is 1.78. The van der Waals surface area contributed by atoms with Gasteiger partial charge in [-0.15, -0.1) is 0 Å². The van der Waals surface area contributed by atoms with E-state index in [9.17, 15) is 9.90 Å². The van der Waals surface area contributed by atoms with Crippen LogP contribution in [0, 0.1) is 0 Å². The molecule has 0 aliphatic rings. The van der Waals surface area contributed by atoms with Gasteiger partial charge in [-0.25, -0.2) is 4.79 Å². The molecule has 0 heterocycles. The minimum atomic E-state index is -0.997. The molecule has 4 heteroatoms. The summed E-state index contributed by atoms with van der Waals surface area (Å²) in [5.74, 6) is -0.909. The van der Waals surface area contributed by atoms with Gasteiger partial charge < -0.3 is 10.2 Å². The van der Waals surface area contributed by atoms with Gasteiger partial charge in [-0.05, 0) is 35.9 Å². The van der Waals surface area contributed by atoms with E-state index in [4.69, 9.17) is 16.7 Å². The van der Waals surface area contributed by atoms with Crippen LogP contribution in [0.25, 0.3) is 11.1 Å². The van der Waals surface area contributed by atoms with E-state index in [-0.39, 0.29) is 11.3 Å². The number of phenolic OH excluding ortho intramolecular Hbond substituents is 1. The van der Waals surface area contributed by atoms with Gasteiger partial charge >= 0.3 is 5.97 Å². The zero-order valence-electron chi connectivity index (χ0n) is 8.72. The van der Waals surface area contributed by atoms with Crippen LogP contribution in [-0.2, 0) is 0 Å². The Balaban J connectivity index is 2.56. The summed E-state index contributed by atoms with van der Waals surface area (Å²) in [6.45, 7) is 0. The largest absolute Gasteiger partial charge is 0.508 e. The molecule has 17 heavy (non-hydrogen) atoms. The molecule has 2 rings (SSSR count). The number of halogens is 1. The van der Waals surface area contributed by atoms with Crippen molar-refractivity contribution >= 4 is 17.6 Å². The molecular weight excluding hydrogens is 240 g/mol. The molecule has 0 bridgehead atoms. The lowest BCUT2D eigenvalue weighted by Crippen LogP contribution is -1.95. The normalized spacial score (nSPS) is 10.2. The van der Waals surface area contributed by atoms with Crippen LogP contribution in [0.15, 0.2) is 42.5 Å². The predicted molar refractivity (Wildman–Crippen MR) is 65.5 cm³/mol. The topological polar surface area (TPSA) is 57.5 Å². The molecule has 0 saturated heterocycles. The SMILES string of the molecule is O=C(O)c1cccc(-c2cc(O)ccc2Cl)c1. The van der Waals surface area contributed by atoms with Crippen LogP contribution in [0.4, 0.5) is 0 Å². The Morgan fingerprint density at radius 2 is 1.88 bits per heavy atom. The molecule has 2 aromatic rings. The van der Waals surface area contributed by atoms with Gasteiger partial charge in [0.2, 0.25) is 0 Å². The van der Waals surface area contributed by atoms with Crippen molar-refractivity contribution in [2.24, 2.45) is 0 Å². The molecule has 0 aromatic heterocycles. The van der Waals surface area contributed by atoms with Crippen molar-refractivity contribution in [2.75, 3.05) is 0 Å². The number of phenols is 1. The fraction of sp³-hybridized carbons (Fsp3) is 0. The van der Waals surface area contributed by atoms with Crippen LogP contribution < -0.4 is 0 Å². The minimum Gasteiger partial charge on any atom is -0.508 e. The van der Waals surface area contributed by atoms with Crippen molar-refractivity contribution in [3.63, 3.8) is 0 Å². The summed E-state index contributed by atoms with van der Waals surface area (Å²) in [6.07, 6.45) is 0. The number of aromatic hydroxyl groups is 1. The molecule has 0 atom stereocenters. The molecule has 0 spiro atoms. The lowest BCUT2D eigenvalue weighted by atomic mass is 10.0. The number of aromatic carboxylic acids is 1. The summed E-state index contributed by atoms with van der Waals surface area (Å²) in [5, 5.41) is 18.8. The van der Waals surface area contributed by atoms with Crippen LogP contribution in [-0.4, -0.2) is 16.2 Å². The maximum atomic E-state index is 10.9. The van der Waals surface area contributed by atoms with E-state index in [0.717, 1.165) is 0 Å². The first-order valence-corrected chi connectivity index (χ1v) is 5.28. The quantitative estimate of drug-likeness (QED) is 0.856. The third-order valence-electron chi connectivity index (χ3n) is 2.37. The first kappa shape index (κ1) is 11.5. The molecule has 0 amide bonds. The Labute approximate surface area is 103 Å². The Morgan fingerprint density at radius 1 is 1.12 bits per heavy atom. The summed E-state index contributed by atoms with van der Waals surface area (Å²) >= 11 is 6.00. The number of carbonyl (C=O) groups is 1. The van der Waals surface area contributed by atoms with Crippen LogP contribution in [0.2, 0.25) is 5.02 Å². The first-order chi connectivity index (χ1) is 8.08. The van der Waals surface area contributed by atoms with Crippen LogP contribution >= 0.6 is 11.6 Å². The predicted octanol–water partition coefficient (Wildman–Crippen LogP) is 3.41. The van der Waals surface area contributed by atoms with Gasteiger partial charge in [0, 0.05) is 10.6 Å². The fourth-order valence-electron chi connectivity index (χ4n) is 1.55. The van der Waals surface area contributed by atoms with Crippen LogP contribution in [0.5, 0.6) is 5.75 Å². The van der Waals surface area contributed by atoms with Crippen LogP contribution in [0.1, 0.15) is 10.4 Å². The third kappa shape index (κ3) is 2.40. The van der Waals surface area contributed by atoms with Gasteiger partial charge in [0.05, 0.1) is 5.56 Å². The summed E-state index contributed by atoms with van der Waals surface area (Å²) in [6, 6.07) is 11.0. The summed E-state index contributed by atoms with van der Waals surface area (Å²) < 4.78 is 0. The Hall–Kier alpha value is -2.00. The lowest BCUT2D eigenvalue weighted by Gasteiger charge is -2.06. The highest BCUT2D eigenvalue weighted by atomic mass is 35.5. The molecule has 3 nitrogen and oxygen atoms in total. The third-order valence-corrected chi connectivity index (χ3v) is 2.70. The van der Waals surface area contributed by atoms with Gasteiger partial charge in [0.1, 0.15) is 5.75 Å². The first-order valence-electron chi connectivity index (χ1n) is 4.90. The van der Waals surface area contributed by atoms with E-state index in [1.807, 2.05) is 0 Å². The monoisotopic (exact) mass is 248 g/mol. The molecule has 0 aliphatic carbocycles. The number of carboxylic acids is 1. The summed E-state index contributed by atoms with van der Waals surface area (Å²) in [4.78, 5) is 10.9. The maximum Gasteiger partial charge on any atom is 0.335 e. The highest BCUT2D eigenvalue weighted by molar-refractivity contribution is 6.33. The summed E-state index contributed by atoms with van der Waals surface area (Å²) in [5.41, 5.74) is 1.45. The number of hydrogen-bond acceptors (Lipinski definition) is 2. The number of carboxylic acid groups (broad SMARTS) is 1. The average Bonchev–Trinajstić information content (AvgIpc) is 2.32. The van der Waals surface area contributed by atoms with E-state index in [0.29, 0.717) is 16.1 Å². The molecule has 0 saturated carbocycles. The Bertz CT molecular complexity index is 579. The lowest BCUT2D eigenvalue weighted by molar-refractivity contribution is 0.0697. The molecular formula is C13H9ClO3. The van der Waals surface area contributed by atoms with Gasteiger partial charge in [-0.1, -0.05) is 23.7 Å². The zero-order valence-corrected chi connectivity index (χ0v) is 9.48. The molecule has 2 N–H and O–H groups in total. The van der Waals surface area contributed by atoms with Crippen molar-refractivity contribution in [2.45, 2.75) is 0 Å². The van der Waals surface area contributed by atoms with Gasteiger partial charge in [-0.2, -0.15) is 0 Å². The highest BCUT2D eigenvalue weighted by Gasteiger charge is 2.08. The number of benzene rings is 2. The molecule has 0 aliphatic heterocycles. The van der Waals surface area contributed by atoms with Crippen molar-refractivity contribution in [1.29, 1.82) is 0 Å².